The summed E-state index contributed by atoms with van der Waals surface area (Å²) < 4.78 is 18.3. The van der Waals surface area contributed by atoms with Gasteiger partial charge in [0.25, 0.3) is 0 Å². The minimum absolute atomic E-state index is 0.0870. The van der Waals surface area contributed by atoms with Crippen molar-refractivity contribution >= 4 is 22.5 Å². The van der Waals surface area contributed by atoms with Crippen LogP contribution >= 0.6 is 10.6 Å². The first-order valence-electron chi connectivity index (χ1n) is 3.66. The molecule has 7 heteroatoms. The van der Waals surface area contributed by atoms with Gasteiger partial charge < -0.3 is 10.4 Å². The van der Waals surface area contributed by atoms with Crippen LogP contribution in [0.3, 0.4) is 0 Å². The lowest BCUT2D eigenvalue weighted by molar-refractivity contribution is -0.118. The minimum Gasteiger partial charge on any atom is -0.465 e. The summed E-state index contributed by atoms with van der Waals surface area (Å²) >= 11 is 0. The molecule has 1 aliphatic rings. The van der Waals surface area contributed by atoms with Crippen LogP contribution in [0.1, 0.15) is 6.42 Å². The predicted molar refractivity (Wildman–Crippen MR) is 47.2 cm³/mol. The van der Waals surface area contributed by atoms with Gasteiger partial charge in [0.2, 0.25) is 0 Å². The Hall–Kier alpha value is -0.790. The van der Waals surface area contributed by atoms with Crippen molar-refractivity contribution < 1.29 is 23.8 Å². The molecular weight excluding hydrogens is 198 g/mol. The molecule has 1 saturated heterocycles. The van der Waals surface area contributed by atoms with Gasteiger partial charge in [0.05, 0.1) is 11.8 Å². The number of hydrogen-bond acceptors (Lipinski definition) is 4. The van der Waals surface area contributed by atoms with E-state index in [1.807, 2.05) is 5.32 Å². The number of rotatable bonds is 1. The summed E-state index contributed by atoms with van der Waals surface area (Å²) in [6.07, 6.45) is -1.11. The van der Waals surface area contributed by atoms with Crippen molar-refractivity contribution in [2.75, 3.05) is 11.5 Å². The van der Waals surface area contributed by atoms with Crippen LogP contribution in [0.5, 0.6) is 0 Å². The molecule has 0 aromatic heterocycles. The van der Waals surface area contributed by atoms with Gasteiger partial charge in [-0.3, -0.25) is 13.9 Å². The summed E-state index contributed by atoms with van der Waals surface area (Å²) in [6.45, 7) is 0. The Bertz CT molecular complexity index is 241. The van der Waals surface area contributed by atoms with Crippen LogP contribution in [0.15, 0.2) is 0 Å². The highest BCUT2D eigenvalue weighted by Crippen LogP contribution is 2.42. The molecule has 1 amide bonds. The highest BCUT2D eigenvalue weighted by atomic mass is 32.3. The zero-order valence-corrected chi connectivity index (χ0v) is 7.58. The lowest BCUT2D eigenvalue weighted by Gasteiger charge is -2.37. The number of carbonyl (C=O) groups excluding carboxylic acids is 1. The third kappa shape index (κ3) is 2.87. The van der Waals surface area contributed by atoms with Crippen LogP contribution in [-0.4, -0.2) is 43.6 Å². The number of ketones is 1. The average Bonchev–Trinajstić information content (AvgIpc) is 1.93. The van der Waals surface area contributed by atoms with E-state index in [9.17, 15) is 9.59 Å². The molecule has 1 heterocycles. The van der Waals surface area contributed by atoms with E-state index >= 15 is 0 Å². The zero-order valence-electron chi connectivity index (χ0n) is 6.77. The maximum Gasteiger partial charge on any atom is 0.405 e. The van der Waals surface area contributed by atoms with Crippen LogP contribution in [-0.2, 0) is 4.79 Å². The highest BCUT2D eigenvalue weighted by molar-refractivity contribution is 8.24. The van der Waals surface area contributed by atoms with Gasteiger partial charge in [0.15, 0.2) is 5.78 Å². The molecule has 0 aliphatic carbocycles. The largest absolute Gasteiger partial charge is 0.465 e. The number of hydrogen-bond donors (Lipinski definition) is 4. The Morgan fingerprint density at radius 3 is 2.62 bits per heavy atom. The van der Waals surface area contributed by atoms with Gasteiger partial charge in [0.1, 0.15) is 0 Å². The second-order valence-corrected chi connectivity index (χ2v) is 5.21. The molecule has 0 saturated carbocycles. The van der Waals surface area contributed by atoms with E-state index in [4.69, 9.17) is 14.2 Å². The Kier molecular flexibility index (Phi) is 2.79. The summed E-state index contributed by atoms with van der Waals surface area (Å²) in [5, 5.41) is 10.4. The van der Waals surface area contributed by atoms with Crippen molar-refractivity contribution in [1.29, 1.82) is 0 Å². The smallest absolute Gasteiger partial charge is 0.405 e. The highest BCUT2D eigenvalue weighted by Gasteiger charge is 2.32. The number of Topliss-reactive ketones (excluding diaryl/α,β-unsaturated/α-hetero) is 1. The van der Waals surface area contributed by atoms with E-state index in [1.54, 1.807) is 0 Å². The topological polar surface area (TPSA) is 107 Å². The van der Waals surface area contributed by atoms with Crippen LogP contribution in [0.4, 0.5) is 4.79 Å². The summed E-state index contributed by atoms with van der Waals surface area (Å²) in [4.78, 5) is 21.3. The second kappa shape index (κ2) is 3.52. The summed E-state index contributed by atoms with van der Waals surface area (Å²) in [7, 11) is -2.78. The fourth-order valence-corrected chi connectivity index (χ4v) is 2.58. The molecule has 0 spiro atoms. The quantitative estimate of drug-likeness (QED) is 0.498. The molecule has 1 rings (SSSR count). The van der Waals surface area contributed by atoms with E-state index in [-0.39, 0.29) is 17.9 Å². The van der Waals surface area contributed by atoms with E-state index in [0.717, 1.165) is 0 Å². The Labute approximate surface area is 76.3 Å². The molecule has 1 unspecified atom stereocenters. The molecule has 13 heavy (non-hydrogen) atoms. The predicted octanol–water partition coefficient (Wildman–Crippen LogP) is 0.346. The SMILES string of the molecule is O=C(O)NC1CCS(O)(O)CC1=O. The number of carbonyl (C=O) groups is 2. The summed E-state index contributed by atoms with van der Waals surface area (Å²) in [5.74, 6) is -0.699. The number of amides is 1. The Morgan fingerprint density at radius 2 is 2.15 bits per heavy atom. The molecule has 0 aromatic carbocycles. The Balaban J connectivity index is 2.54. The molecule has 0 bridgehead atoms. The van der Waals surface area contributed by atoms with Gasteiger partial charge in [-0.1, -0.05) is 0 Å². The van der Waals surface area contributed by atoms with Crippen molar-refractivity contribution in [3.8, 4) is 0 Å². The lowest BCUT2D eigenvalue weighted by atomic mass is 10.1. The zero-order chi connectivity index (χ0) is 10.1. The van der Waals surface area contributed by atoms with Crippen LogP contribution in [0.25, 0.3) is 0 Å². The van der Waals surface area contributed by atoms with Crippen LogP contribution in [0, 0.1) is 0 Å². The van der Waals surface area contributed by atoms with Crippen LogP contribution in [0.2, 0.25) is 0 Å². The third-order valence-electron chi connectivity index (χ3n) is 1.79. The van der Waals surface area contributed by atoms with Crippen LogP contribution < -0.4 is 5.32 Å². The van der Waals surface area contributed by atoms with E-state index in [1.165, 1.54) is 0 Å². The summed E-state index contributed by atoms with van der Waals surface area (Å²) in [6, 6.07) is -0.780. The van der Waals surface area contributed by atoms with E-state index in [2.05, 4.69) is 0 Å². The van der Waals surface area contributed by atoms with Crippen molar-refractivity contribution in [3.05, 3.63) is 0 Å². The van der Waals surface area contributed by atoms with Gasteiger partial charge in [-0.15, -0.1) is 0 Å². The first-order chi connectivity index (χ1) is 5.91. The van der Waals surface area contributed by atoms with Gasteiger partial charge in [-0.25, -0.2) is 4.79 Å². The van der Waals surface area contributed by atoms with Gasteiger partial charge in [-0.05, 0) is 6.42 Å². The molecule has 1 fully saturated rings. The van der Waals surface area contributed by atoms with Crippen molar-refractivity contribution in [2.45, 2.75) is 12.5 Å². The molecule has 1 aliphatic heterocycles. The second-order valence-electron chi connectivity index (χ2n) is 2.91. The summed E-state index contributed by atoms with van der Waals surface area (Å²) in [5.41, 5.74) is 0. The fourth-order valence-electron chi connectivity index (χ4n) is 1.17. The normalized spacial score (nSPS) is 29.4. The van der Waals surface area contributed by atoms with Crippen molar-refractivity contribution in [2.24, 2.45) is 0 Å². The van der Waals surface area contributed by atoms with Gasteiger partial charge in [0, 0.05) is 5.75 Å². The monoisotopic (exact) mass is 209 g/mol. The maximum absolute atomic E-state index is 11.1. The Morgan fingerprint density at radius 1 is 1.54 bits per heavy atom. The fraction of sp³-hybridized carbons (Fsp3) is 0.667. The first-order valence-corrected chi connectivity index (χ1v) is 5.55. The molecule has 4 N–H and O–H groups in total. The average molecular weight is 209 g/mol. The molecule has 0 aromatic rings. The van der Waals surface area contributed by atoms with Gasteiger partial charge in [-0.2, -0.15) is 10.6 Å². The first kappa shape index (κ1) is 10.3. The van der Waals surface area contributed by atoms with E-state index < -0.39 is 28.5 Å². The van der Waals surface area contributed by atoms with E-state index in [0.29, 0.717) is 0 Å². The van der Waals surface area contributed by atoms with Crippen molar-refractivity contribution in [3.63, 3.8) is 0 Å². The molecule has 1 atom stereocenters. The minimum atomic E-state index is -2.78. The maximum atomic E-state index is 11.1. The number of nitrogens with one attached hydrogen (secondary N) is 1. The molecule has 0 radical (unpaired) electrons. The molecular formula is C6H11NO5S. The molecule has 76 valence electrons. The van der Waals surface area contributed by atoms with Crippen molar-refractivity contribution in [1.82, 2.24) is 5.32 Å². The lowest BCUT2D eigenvalue weighted by Crippen LogP contribution is -2.46. The van der Waals surface area contributed by atoms with Gasteiger partial charge >= 0.3 is 6.09 Å². The number of carboxylic acid groups (broad SMARTS) is 1. The molecule has 6 nitrogen and oxygen atoms in total. The third-order valence-corrected chi connectivity index (χ3v) is 3.43. The standard InChI is InChI=1S/C6H11NO5S/c8-5-3-13(11,12)2-1-4(5)7-6(9)10/h4,7,11-12H,1-3H2,(H,9,10).